The summed E-state index contributed by atoms with van der Waals surface area (Å²) in [4.78, 5) is 12.4. The number of rotatable bonds is 6. The van der Waals surface area contributed by atoms with Crippen LogP contribution in [0.15, 0.2) is 52.9 Å². The van der Waals surface area contributed by atoms with Crippen LogP contribution in [0.5, 0.6) is 11.5 Å². The number of methoxy groups -OCH3 is 2. The maximum atomic E-state index is 12.4. The zero-order valence-electron chi connectivity index (χ0n) is 16.0. The number of amides is 1. The molecule has 0 spiro atoms. The van der Waals surface area contributed by atoms with Crippen molar-refractivity contribution in [1.29, 1.82) is 0 Å². The highest BCUT2D eigenvalue weighted by Gasteiger charge is 2.11. The van der Waals surface area contributed by atoms with Gasteiger partial charge in [0, 0.05) is 22.9 Å². The molecule has 0 fully saturated rings. The van der Waals surface area contributed by atoms with Gasteiger partial charge in [0.1, 0.15) is 23.0 Å². The minimum Gasteiger partial charge on any atom is -0.497 e. The number of anilines is 1. The molecular formula is C22H23NO4. The van der Waals surface area contributed by atoms with Crippen LogP contribution in [0.4, 0.5) is 5.69 Å². The predicted octanol–water partition coefficient (Wildman–Crippen LogP) is 4.76. The van der Waals surface area contributed by atoms with E-state index in [2.05, 4.69) is 5.32 Å². The fraction of sp³-hybridized carbons (Fsp3) is 0.227. The molecule has 5 nitrogen and oxygen atoms in total. The molecule has 3 rings (SSSR count). The summed E-state index contributed by atoms with van der Waals surface area (Å²) in [6.07, 6.45) is 0.214. The molecule has 5 heteroatoms. The van der Waals surface area contributed by atoms with Crippen molar-refractivity contribution in [2.24, 2.45) is 0 Å². The number of hydrogen-bond donors (Lipinski definition) is 1. The Morgan fingerprint density at radius 3 is 2.33 bits per heavy atom. The molecule has 27 heavy (non-hydrogen) atoms. The Labute approximate surface area is 158 Å². The van der Waals surface area contributed by atoms with Crippen LogP contribution >= 0.6 is 0 Å². The zero-order chi connectivity index (χ0) is 19.4. The summed E-state index contributed by atoms with van der Waals surface area (Å²) < 4.78 is 16.3. The molecular weight excluding hydrogens is 342 g/mol. The highest BCUT2D eigenvalue weighted by molar-refractivity contribution is 5.92. The smallest absolute Gasteiger partial charge is 0.228 e. The van der Waals surface area contributed by atoms with E-state index in [-0.39, 0.29) is 12.3 Å². The second-order valence-corrected chi connectivity index (χ2v) is 6.33. The molecule has 1 aromatic heterocycles. The molecule has 0 aliphatic carbocycles. The average molecular weight is 365 g/mol. The number of hydrogen-bond acceptors (Lipinski definition) is 4. The van der Waals surface area contributed by atoms with Gasteiger partial charge in [-0.2, -0.15) is 0 Å². The number of ether oxygens (including phenoxy) is 2. The van der Waals surface area contributed by atoms with Crippen molar-refractivity contribution < 1.29 is 18.7 Å². The van der Waals surface area contributed by atoms with E-state index in [9.17, 15) is 4.79 Å². The monoisotopic (exact) mass is 365 g/mol. The second kappa shape index (κ2) is 7.99. The van der Waals surface area contributed by atoms with Gasteiger partial charge in [0.05, 0.1) is 20.6 Å². The molecule has 0 aliphatic rings. The van der Waals surface area contributed by atoms with E-state index in [0.29, 0.717) is 11.5 Å². The van der Waals surface area contributed by atoms with Gasteiger partial charge in [-0.15, -0.1) is 0 Å². The first-order chi connectivity index (χ1) is 13.0. The first-order valence-corrected chi connectivity index (χ1v) is 8.68. The van der Waals surface area contributed by atoms with E-state index >= 15 is 0 Å². The van der Waals surface area contributed by atoms with Crippen LogP contribution < -0.4 is 14.8 Å². The van der Waals surface area contributed by atoms with Gasteiger partial charge < -0.3 is 19.2 Å². The summed E-state index contributed by atoms with van der Waals surface area (Å²) in [5.74, 6) is 2.94. The van der Waals surface area contributed by atoms with Gasteiger partial charge in [0.15, 0.2) is 0 Å². The van der Waals surface area contributed by atoms with Crippen LogP contribution in [0.3, 0.4) is 0 Å². The topological polar surface area (TPSA) is 60.7 Å². The molecule has 0 bridgehead atoms. The zero-order valence-corrected chi connectivity index (χ0v) is 16.0. The molecule has 1 heterocycles. The quantitative estimate of drug-likeness (QED) is 0.684. The number of furan rings is 1. The minimum absolute atomic E-state index is 0.115. The van der Waals surface area contributed by atoms with E-state index in [0.717, 1.165) is 33.9 Å². The van der Waals surface area contributed by atoms with Crippen LogP contribution in [0.2, 0.25) is 0 Å². The molecule has 1 amide bonds. The third-order valence-corrected chi connectivity index (χ3v) is 4.46. The summed E-state index contributed by atoms with van der Waals surface area (Å²) in [5.41, 5.74) is 3.63. The Morgan fingerprint density at radius 2 is 1.74 bits per heavy atom. The Bertz CT molecular complexity index is 922. The summed E-state index contributed by atoms with van der Waals surface area (Å²) in [6, 6.07) is 15.0. The lowest BCUT2D eigenvalue weighted by Crippen LogP contribution is -2.14. The van der Waals surface area contributed by atoms with E-state index < -0.39 is 0 Å². The lowest BCUT2D eigenvalue weighted by atomic mass is 10.1. The van der Waals surface area contributed by atoms with Crippen molar-refractivity contribution in [3.05, 3.63) is 65.4 Å². The second-order valence-electron chi connectivity index (χ2n) is 6.33. The summed E-state index contributed by atoms with van der Waals surface area (Å²) in [5, 5.41) is 2.91. The molecule has 0 atom stereocenters. The molecule has 0 radical (unpaired) electrons. The van der Waals surface area contributed by atoms with E-state index in [1.54, 1.807) is 20.3 Å². The molecule has 0 saturated heterocycles. The van der Waals surface area contributed by atoms with Crippen LogP contribution in [-0.2, 0) is 11.2 Å². The minimum atomic E-state index is -0.115. The Kier molecular flexibility index (Phi) is 5.50. The SMILES string of the molecule is COc1ccc(CC(=O)Nc2ccc(-c3cc(C)c(C)o3)cc2)c(OC)c1. The van der Waals surface area contributed by atoms with Crippen molar-refractivity contribution in [1.82, 2.24) is 0 Å². The van der Waals surface area contributed by atoms with Gasteiger partial charge in [-0.1, -0.05) is 6.07 Å². The molecule has 3 aromatic rings. The van der Waals surface area contributed by atoms with E-state index in [1.807, 2.05) is 56.3 Å². The third kappa shape index (κ3) is 4.31. The third-order valence-electron chi connectivity index (χ3n) is 4.46. The largest absolute Gasteiger partial charge is 0.497 e. The Hall–Kier alpha value is -3.21. The molecule has 0 unspecified atom stereocenters. The van der Waals surface area contributed by atoms with Gasteiger partial charge in [-0.3, -0.25) is 4.79 Å². The molecule has 1 N–H and O–H groups in total. The first kappa shape index (κ1) is 18.6. The van der Waals surface area contributed by atoms with Gasteiger partial charge in [-0.25, -0.2) is 0 Å². The summed E-state index contributed by atoms with van der Waals surface area (Å²) in [6.45, 7) is 3.96. The standard InChI is InChI=1S/C22H23NO4/c1-14-11-21(27-15(14)2)16-5-8-18(9-6-16)23-22(24)12-17-7-10-19(25-3)13-20(17)26-4/h5-11,13H,12H2,1-4H3,(H,23,24). The molecule has 2 aromatic carbocycles. The van der Waals surface area contributed by atoms with Gasteiger partial charge in [-0.05, 0) is 55.8 Å². The van der Waals surface area contributed by atoms with Crippen molar-refractivity contribution >= 4 is 11.6 Å². The molecule has 0 aliphatic heterocycles. The van der Waals surface area contributed by atoms with Crippen molar-refractivity contribution in [3.63, 3.8) is 0 Å². The van der Waals surface area contributed by atoms with Gasteiger partial charge in [0.2, 0.25) is 5.91 Å². The molecule has 0 saturated carbocycles. The fourth-order valence-electron chi connectivity index (χ4n) is 2.81. The average Bonchev–Trinajstić information content (AvgIpc) is 3.01. The van der Waals surface area contributed by atoms with Crippen LogP contribution in [-0.4, -0.2) is 20.1 Å². The van der Waals surface area contributed by atoms with E-state index in [4.69, 9.17) is 13.9 Å². The van der Waals surface area contributed by atoms with Crippen LogP contribution in [0.1, 0.15) is 16.9 Å². The highest BCUT2D eigenvalue weighted by Crippen LogP contribution is 2.27. The number of carbonyl (C=O) groups is 1. The maximum absolute atomic E-state index is 12.4. The molecule has 140 valence electrons. The highest BCUT2D eigenvalue weighted by atomic mass is 16.5. The number of aryl methyl sites for hydroxylation is 2. The van der Waals surface area contributed by atoms with Crippen LogP contribution in [0, 0.1) is 13.8 Å². The Balaban J connectivity index is 1.68. The van der Waals surface area contributed by atoms with Crippen LogP contribution in [0.25, 0.3) is 11.3 Å². The number of benzene rings is 2. The lowest BCUT2D eigenvalue weighted by Gasteiger charge is -2.11. The van der Waals surface area contributed by atoms with Crippen molar-refractivity contribution in [2.45, 2.75) is 20.3 Å². The lowest BCUT2D eigenvalue weighted by molar-refractivity contribution is -0.115. The van der Waals surface area contributed by atoms with Gasteiger partial charge in [0.25, 0.3) is 0 Å². The van der Waals surface area contributed by atoms with E-state index in [1.165, 1.54) is 0 Å². The van der Waals surface area contributed by atoms with Crippen molar-refractivity contribution in [2.75, 3.05) is 19.5 Å². The van der Waals surface area contributed by atoms with Gasteiger partial charge >= 0.3 is 0 Å². The van der Waals surface area contributed by atoms with Crippen molar-refractivity contribution in [3.8, 4) is 22.8 Å². The fourth-order valence-corrected chi connectivity index (χ4v) is 2.81. The predicted molar refractivity (Wildman–Crippen MR) is 105 cm³/mol. The summed E-state index contributed by atoms with van der Waals surface area (Å²) in [7, 11) is 3.17. The summed E-state index contributed by atoms with van der Waals surface area (Å²) >= 11 is 0. The maximum Gasteiger partial charge on any atom is 0.228 e. The first-order valence-electron chi connectivity index (χ1n) is 8.68. The number of carbonyl (C=O) groups excluding carboxylic acids is 1. The normalized spacial score (nSPS) is 10.5. The number of nitrogens with one attached hydrogen (secondary N) is 1. The Morgan fingerprint density at radius 1 is 1.00 bits per heavy atom.